The van der Waals surface area contributed by atoms with Gasteiger partial charge in [-0.3, -0.25) is 14.5 Å². The normalized spacial score (nSPS) is 17.2. The van der Waals surface area contributed by atoms with Crippen LogP contribution in [0.3, 0.4) is 0 Å². The summed E-state index contributed by atoms with van der Waals surface area (Å²) in [6, 6.07) is 15.9. The van der Waals surface area contributed by atoms with Gasteiger partial charge in [-0.05, 0) is 56.3 Å². The van der Waals surface area contributed by atoms with E-state index < -0.39 is 0 Å². The van der Waals surface area contributed by atoms with Gasteiger partial charge in [-0.1, -0.05) is 24.3 Å². The number of likely N-dealkylation sites (tertiary alicyclic amines) is 1. The molecule has 3 aromatic rings. The first-order valence-corrected chi connectivity index (χ1v) is 10.9. The lowest BCUT2D eigenvalue weighted by Crippen LogP contribution is -2.45. The number of likely N-dealkylation sites (N-methyl/N-ethyl adjacent to an activating group) is 1. The van der Waals surface area contributed by atoms with E-state index in [0.29, 0.717) is 19.1 Å². The Balaban J connectivity index is 1.40. The van der Waals surface area contributed by atoms with Gasteiger partial charge in [0.15, 0.2) is 0 Å². The van der Waals surface area contributed by atoms with Crippen molar-refractivity contribution in [3.05, 3.63) is 83.4 Å². The molecule has 5 nitrogen and oxygen atoms in total. The van der Waals surface area contributed by atoms with Crippen LogP contribution in [0.4, 0.5) is 4.39 Å². The van der Waals surface area contributed by atoms with Crippen LogP contribution in [-0.2, 0) is 19.6 Å². The molecule has 0 spiro atoms. The van der Waals surface area contributed by atoms with E-state index in [4.69, 9.17) is 4.74 Å². The molecule has 1 aromatic heterocycles. The molecule has 2 aromatic carbocycles. The van der Waals surface area contributed by atoms with Crippen LogP contribution < -0.4 is 4.74 Å². The van der Waals surface area contributed by atoms with Crippen molar-refractivity contribution in [1.29, 1.82) is 0 Å². The van der Waals surface area contributed by atoms with Crippen molar-refractivity contribution in [1.82, 2.24) is 19.6 Å². The third-order valence-corrected chi connectivity index (χ3v) is 6.12. The van der Waals surface area contributed by atoms with E-state index in [-0.39, 0.29) is 5.82 Å². The summed E-state index contributed by atoms with van der Waals surface area (Å²) in [6.45, 7) is 4.21. The minimum Gasteiger partial charge on any atom is -0.496 e. The summed E-state index contributed by atoms with van der Waals surface area (Å²) in [7, 11) is 3.90. The highest BCUT2D eigenvalue weighted by Gasteiger charge is 2.24. The molecule has 0 bridgehead atoms. The van der Waals surface area contributed by atoms with Crippen LogP contribution in [0.25, 0.3) is 0 Å². The number of ether oxygens (including phenoxy) is 1. The van der Waals surface area contributed by atoms with Gasteiger partial charge >= 0.3 is 0 Å². The largest absolute Gasteiger partial charge is 0.496 e. The molecule has 0 saturated carbocycles. The zero-order valence-electron chi connectivity index (χ0n) is 18.4. The molecular formula is C25H31FN4O. The number of hydrogen-bond acceptors (Lipinski definition) is 4. The fraction of sp³-hybridized carbons (Fsp3) is 0.400. The monoisotopic (exact) mass is 422 g/mol. The zero-order chi connectivity index (χ0) is 21.6. The second kappa shape index (κ2) is 10.1. The molecule has 1 atom stereocenters. The highest BCUT2D eigenvalue weighted by molar-refractivity contribution is 5.37. The maximum absolute atomic E-state index is 14.1. The van der Waals surface area contributed by atoms with E-state index in [9.17, 15) is 4.39 Å². The molecule has 31 heavy (non-hydrogen) atoms. The Hall–Kier alpha value is -2.70. The lowest BCUT2D eigenvalue weighted by Gasteiger charge is -2.38. The quantitative estimate of drug-likeness (QED) is 0.545. The third kappa shape index (κ3) is 5.51. The summed E-state index contributed by atoms with van der Waals surface area (Å²) in [6.07, 6.45) is 6.06. The average molecular weight is 423 g/mol. The van der Waals surface area contributed by atoms with Crippen LogP contribution in [0.15, 0.2) is 60.9 Å². The summed E-state index contributed by atoms with van der Waals surface area (Å²) >= 11 is 0. The number of benzene rings is 2. The molecule has 164 valence electrons. The Labute approximate surface area is 184 Å². The van der Waals surface area contributed by atoms with E-state index in [1.165, 1.54) is 12.0 Å². The lowest BCUT2D eigenvalue weighted by atomic mass is 10.0. The standard InChI is InChI=1S/C25H31FN4O/c1-28(23-8-5-13-29(19-23)17-21-7-3-4-9-24(21)26)16-20-10-11-25(31-2)22(15-20)18-30-14-6-12-27-30/h3-4,6-7,9-12,14-15,23H,5,8,13,16-19H2,1-2H3/t23-/m1/s1. The molecule has 0 amide bonds. The second-order valence-corrected chi connectivity index (χ2v) is 8.39. The van der Waals surface area contributed by atoms with Gasteiger partial charge in [-0.15, -0.1) is 0 Å². The molecule has 2 heterocycles. The fourth-order valence-corrected chi connectivity index (χ4v) is 4.44. The van der Waals surface area contributed by atoms with Gasteiger partial charge < -0.3 is 4.74 Å². The van der Waals surface area contributed by atoms with Gasteiger partial charge in [0.25, 0.3) is 0 Å². The Kier molecular flexibility index (Phi) is 6.99. The van der Waals surface area contributed by atoms with Crippen molar-refractivity contribution < 1.29 is 9.13 Å². The summed E-state index contributed by atoms with van der Waals surface area (Å²) < 4.78 is 21.5. The van der Waals surface area contributed by atoms with Crippen LogP contribution in [0.2, 0.25) is 0 Å². The topological polar surface area (TPSA) is 33.5 Å². The van der Waals surface area contributed by atoms with Crippen molar-refractivity contribution in [2.45, 2.75) is 38.5 Å². The molecule has 4 rings (SSSR count). The first-order chi connectivity index (χ1) is 15.1. The van der Waals surface area contributed by atoms with Crippen LogP contribution in [0, 0.1) is 5.82 Å². The van der Waals surface area contributed by atoms with E-state index in [1.807, 2.05) is 35.1 Å². The highest BCUT2D eigenvalue weighted by atomic mass is 19.1. The first kappa shape index (κ1) is 21.5. The number of aromatic nitrogens is 2. The molecule has 0 aliphatic carbocycles. The molecular weight excluding hydrogens is 391 g/mol. The molecule has 1 saturated heterocycles. The average Bonchev–Trinajstić information content (AvgIpc) is 3.29. The lowest BCUT2D eigenvalue weighted by molar-refractivity contribution is 0.106. The van der Waals surface area contributed by atoms with Crippen molar-refractivity contribution in [2.24, 2.45) is 0 Å². The summed E-state index contributed by atoms with van der Waals surface area (Å²) in [5, 5.41) is 4.32. The molecule has 1 fully saturated rings. The van der Waals surface area contributed by atoms with E-state index >= 15 is 0 Å². The van der Waals surface area contributed by atoms with E-state index in [1.54, 1.807) is 25.4 Å². The Morgan fingerprint density at radius 3 is 2.77 bits per heavy atom. The molecule has 0 N–H and O–H groups in total. The number of methoxy groups -OCH3 is 1. The smallest absolute Gasteiger partial charge is 0.127 e. The second-order valence-electron chi connectivity index (χ2n) is 8.39. The van der Waals surface area contributed by atoms with Crippen LogP contribution in [0.1, 0.15) is 29.5 Å². The minimum absolute atomic E-state index is 0.110. The van der Waals surface area contributed by atoms with Crippen molar-refractivity contribution >= 4 is 0 Å². The Morgan fingerprint density at radius 2 is 2.00 bits per heavy atom. The summed E-state index contributed by atoms with van der Waals surface area (Å²) in [4.78, 5) is 4.80. The molecule has 0 radical (unpaired) electrons. The maximum atomic E-state index is 14.1. The SMILES string of the molecule is COc1ccc(CN(C)[C@@H]2CCCN(Cc3ccccc3F)C2)cc1Cn1cccn1. The molecule has 6 heteroatoms. The van der Waals surface area contributed by atoms with E-state index in [2.05, 4.69) is 34.1 Å². The third-order valence-electron chi connectivity index (χ3n) is 6.12. The zero-order valence-corrected chi connectivity index (χ0v) is 18.4. The fourth-order valence-electron chi connectivity index (χ4n) is 4.44. The van der Waals surface area contributed by atoms with Gasteiger partial charge in [0.2, 0.25) is 0 Å². The number of rotatable bonds is 8. The predicted molar refractivity (Wildman–Crippen MR) is 120 cm³/mol. The minimum atomic E-state index is -0.110. The number of halogens is 1. The van der Waals surface area contributed by atoms with Gasteiger partial charge in [0.1, 0.15) is 11.6 Å². The number of nitrogens with zero attached hydrogens (tertiary/aromatic N) is 4. The van der Waals surface area contributed by atoms with Gasteiger partial charge in [-0.25, -0.2) is 4.39 Å². The van der Waals surface area contributed by atoms with Crippen LogP contribution in [0.5, 0.6) is 5.75 Å². The van der Waals surface area contributed by atoms with Crippen LogP contribution in [-0.4, -0.2) is 52.9 Å². The number of piperidine rings is 1. The van der Waals surface area contributed by atoms with Crippen LogP contribution >= 0.6 is 0 Å². The Morgan fingerprint density at radius 1 is 1.13 bits per heavy atom. The molecule has 1 aliphatic rings. The van der Waals surface area contributed by atoms with Crippen molar-refractivity contribution in [3.8, 4) is 5.75 Å². The highest BCUT2D eigenvalue weighted by Crippen LogP contribution is 2.24. The molecule has 0 unspecified atom stereocenters. The van der Waals surface area contributed by atoms with E-state index in [0.717, 1.165) is 42.9 Å². The maximum Gasteiger partial charge on any atom is 0.127 e. The van der Waals surface area contributed by atoms with Crippen molar-refractivity contribution in [3.63, 3.8) is 0 Å². The van der Waals surface area contributed by atoms with Crippen molar-refractivity contribution in [2.75, 3.05) is 27.2 Å². The Bertz CT molecular complexity index is 975. The summed E-state index contributed by atoms with van der Waals surface area (Å²) in [5.74, 6) is 0.775. The van der Waals surface area contributed by atoms with Gasteiger partial charge in [0, 0.05) is 49.2 Å². The predicted octanol–water partition coefficient (Wildman–Crippen LogP) is 4.18. The summed E-state index contributed by atoms with van der Waals surface area (Å²) in [5.41, 5.74) is 3.17. The van der Waals surface area contributed by atoms with Gasteiger partial charge in [0.05, 0.1) is 13.7 Å². The number of hydrogen-bond donors (Lipinski definition) is 0. The first-order valence-electron chi connectivity index (χ1n) is 10.9. The van der Waals surface area contributed by atoms with Gasteiger partial charge in [-0.2, -0.15) is 5.10 Å². The molecule has 1 aliphatic heterocycles.